The number of halogens is 1. The minimum Gasteiger partial charge on any atom is -0.481 e. The van der Waals surface area contributed by atoms with E-state index < -0.39 is 11.9 Å². The standard InChI is InChI=1S/C10H8ClNO2/c11-8-3-1-7(2-4-8)9(5-6-12)10(13)14/h1-4,9H,5H2,(H,13,14). The first-order valence-corrected chi connectivity index (χ1v) is 4.38. The lowest BCUT2D eigenvalue weighted by atomic mass is 9.97. The Morgan fingerprint density at radius 1 is 1.50 bits per heavy atom. The number of carboxylic acid groups (broad SMARTS) is 1. The molecule has 1 aromatic carbocycles. The lowest BCUT2D eigenvalue weighted by Crippen LogP contribution is -2.10. The lowest BCUT2D eigenvalue weighted by molar-refractivity contribution is -0.138. The molecule has 0 amide bonds. The Morgan fingerprint density at radius 2 is 2.07 bits per heavy atom. The molecule has 1 aromatic rings. The van der Waals surface area contributed by atoms with Gasteiger partial charge in [-0.3, -0.25) is 4.79 Å². The van der Waals surface area contributed by atoms with Gasteiger partial charge >= 0.3 is 5.97 Å². The molecule has 0 saturated heterocycles. The van der Waals surface area contributed by atoms with E-state index in [1.165, 1.54) is 0 Å². The topological polar surface area (TPSA) is 61.1 Å². The van der Waals surface area contributed by atoms with E-state index >= 15 is 0 Å². The average Bonchev–Trinajstić information content (AvgIpc) is 2.15. The Labute approximate surface area is 86.5 Å². The normalized spacial score (nSPS) is 11.7. The first-order chi connectivity index (χ1) is 6.65. The van der Waals surface area contributed by atoms with Gasteiger partial charge in [0.1, 0.15) is 0 Å². The van der Waals surface area contributed by atoms with E-state index in [2.05, 4.69) is 0 Å². The Kier molecular flexibility index (Phi) is 3.49. The molecule has 0 bridgehead atoms. The maximum atomic E-state index is 10.8. The zero-order valence-electron chi connectivity index (χ0n) is 7.27. The molecule has 0 aromatic heterocycles. The van der Waals surface area contributed by atoms with E-state index in [1.54, 1.807) is 24.3 Å². The summed E-state index contributed by atoms with van der Waals surface area (Å²) in [6.45, 7) is 0. The molecule has 0 radical (unpaired) electrons. The van der Waals surface area contributed by atoms with Gasteiger partial charge in [0.15, 0.2) is 0 Å². The maximum Gasteiger partial charge on any atom is 0.312 e. The van der Waals surface area contributed by atoms with E-state index in [4.69, 9.17) is 22.0 Å². The van der Waals surface area contributed by atoms with Crippen LogP contribution in [-0.4, -0.2) is 11.1 Å². The van der Waals surface area contributed by atoms with Crippen LogP contribution in [0.2, 0.25) is 5.02 Å². The summed E-state index contributed by atoms with van der Waals surface area (Å²) in [6.07, 6.45) is -0.0308. The predicted molar refractivity (Wildman–Crippen MR) is 52.1 cm³/mol. The van der Waals surface area contributed by atoms with Crippen molar-refractivity contribution in [3.8, 4) is 6.07 Å². The summed E-state index contributed by atoms with van der Waals surface area (Å²) in [5.41, 5.74) is 0.600. The van der Waals surface area contributed by atoms with Crippen LogP contribution in [0.15, 0.2) is 24.3 Å². The molecule has 72 valence electrons. The summed E-state index contributed by atoms with van der Waals surface area (Å²) < 4.78 is 0. The molecule has 1 rings (SSSR count). The third-order valence-corrected chi connectivity index (χ3v) is 2.12. The van der Waals surface area contributed by atoms with Crippen molar-refractivity contribution in [2.45, 2.75) is 12.3 Å². The number of nitrogens with zero attached hydrogens (tertiary/aromatic N) is 1. The van der Waals surface area contributed by atoms with Crippen LogP contribution in [0.25, 0.3) is 0 Å². The van der Waals surface area contributed by atoms with Crippen LogP contribution in [0.5, 0.6) is 0 Å². The number of aliphatic carboxylic acids is 1. The number of carbonyl (C=O) groups is 1. The van der Waals surface area contributed by atoms with Crippen LogP contribution in [0.1, 0.15) is 17.9 Å². The minimum atomic E-state index is -0.992. The van der Waals surface area contributed by atoms with Gasteiger partial charge in [0.05, 0.1) is 18.4 Å². The zero-order chi connectivity index (χ0) is 10.6. The fourth-order valence-corrected chi connectivity index (χ4v) is 1.26. The second-order valence-corrected chi connectivity index (χ2v) is 3.24. The third-order valence-electron chi connectivity index (χ3n) is 1.87. The van der Waals surface area contributed by atoms with Crippen LogP contribution in [-0.2, 0) is 4.79 Å². The van der Waals surface area contributed by atoms with Crippen molar-refractivity contribution in [3.05, 3.63) is 34.9 Å². The summed E-state index contributed by atoms with van der Waals surface area (Å²) in [5, 5.41) is 17.9. The monoisotopic (exact) mass is 209 g/mol. The van der Waals surface area contributed by atoms with Crippen molar-refractivity contribution in [3.63, 3.8) is 0 Å². The van der Waals surface area contributed by atoms with Gasteiger partial charge in [0.25, 0.3) is 0 Å². The molecule has 3 nitrogen and oxygen atoms in total. The molecular formula is C10H8ClNO2. The van der Waals surface area contributed by atoms with Crippen molar-refractivity contribution in [1.82, 2.24) is 0 Å². The molecular weight excluding hydrogens is 202 g/mol. The van der Waals surface area contributed by atoms with Gasteiger partial charge in [0, 0.05) is 5.02 Å². The van der Waals surface area contributed by atoms with E-state index in [0.717, 1.165) is 0 Å². The molecule has 0 saturated carbocycles. The summed E-state index contributed by atoms with van der Waals surface area (Å²) in [7, 11) is 0. The molecule has 0 spiro atoms. The van der Waals surface area contributed by atoms with Crippen molar-refractivity contribution in [2.24, 2.45) is 0 Å². The number of nitriles is 1. The van der Waals surface area contributed by atoms with E-state index in [0.29, 0.717) is 10.6 Å². The minimum absolute atomic E-state index is 0.0308. The van der Waals surface area contributed by atoms with Gasteiger partial charge < -0.3 is 5.11 Å². The largest absolute Gasteiger partial charge is 0.481 e. The highest BCUT2D eigenvalue weighted by atomic mass is 35.5. The molecule has 0 aliphatic heterocycles. The average molecular weight is 210 g/mol. The van der Waals surface area contributed by atoms with Crippen LogP contribution in [0, 0.1) is 11.3 Å². The van der Waals surface area contributed by atoms with Crippen LogP contribution < -0.4 is 0 Å². The van der Waals surface area contributed by atoms with Crippen LogP contribution in [0.3, 0.4) is 0 Å². The summed E-state index contributed by atoms with van der Waals surface area (Å²) in [4.78, 5) is 10.8. The van der Waals surface area contributed by atoms with Gasteiger partial charge in [-0.25, -0.2) is 0 Å². The number of benzene rings is 1. The molecule has 1 atom stereocenters. The highest BCUT2D eigenvalue weighted by molar-refractivity contribution is 6.30. The van der Waals surface area contributed by atoms with Crippen molar-refractivity contribution in [2.75, 3.05) is 0 Å². The smallest absolute Gasteiger partial charge is 0.312 e. The predicted octanol–water partition coefficient (Wildman–Crippen LogP) is 2.42. The molecule has 0 heterocycles. The number of hydrogen-bond acceptors (Lipinski definition) is 2. The van der Waals surface area contributed by atoms with E-state index in [1.807, 2.05) is 6.07 Å². The summed E-state index contributed by atoms with van der Waals surface area (Å²) >= 11 is 5.66. The fourth-order valence-electron chi connectivity index (χ4n) is 1.13. The third kappa shape index (κ3) is 2.48. The fraction of sp³-hybridized carbons (Fsp3) is 0.200. The van der Waals surface area contributed by atoms with Crippen LogP contribution in [0.4, 0.5) is 0 Å². The van der Waals surface area contributed by atoms with Gasteiger partial charge in [-0.15, -0.1) is 0 Å². The Balaban J connectivity index is 2.95. The van der Waals surface area contributed by atoms with Crippen molar-refractivity contribution < 1.29 is 9.90 Å². The molecule has 0 aliphatic carbocycles. The summed E-state index contributed by atoms with van der Waals surface area (Å²) in [5.74, 6) is -1.76. The van der Waals surface area contributed by atoms with Gasteiger partial charge in [-0.05, 0) is 17.7 Å². The van der Waals surface area contributed by atoms with Gasteiger partial charge in [0.2, 0.25) is 0 Å². The molecule has 1 unspecified atom stereocenters. The molecule has 14 heavy (non-hydrogen) atoms. The Morgan fingerprint density at radius 3 is 2.50 bits per heavy atom. The first-order valence-electron chi connectivity index (χ1n) is 4.00. The second-order valence-electron chi connectivity index (χ2n) is 2.80. The van der Waals surface area contributed by atoms with Gasteiger partial charge in [-0.2, -0.15) is 5.26 Å². The van der Waals surface area contributed by atoms with Crippen LogP contribution >= 0.6 is 11.6 Å². The zero-order valence-corrected chi connectivity index (χ0v) is 8.03. The number of rotatable bonds is 3. The number of hydrogen-bond donors (Lipinski definition) is 1. The maximum absolute atomic E-state index is 10.8. The first kappa shape index (κ1) is 10.6. The van der Waals surface area contributed by atoms with E-state index in [-0.39, 0.29) is 6.42 Å². The summed E-state index contributed by atoms with van der Waals surface area (Å²) in [6, 6.07) is 8.33. The highest BCUT2D eigenvalue weighted by Crippen LogP contribution is 2.21. The van der Waals surface area contributed by atoms with Crippen molar-refractivity contribution >= 4 is 17.6 Å². The highest BCUT2D eigenvalue weighted by Gasteiger charge is 2.18. The number of carboxylic acids is 1. The second kappa shape index (κ2) is 4.64. The molecule has 0 fully saturated rings. The van der Waals surface area contributed by atoms with Gasteiger partial charge in [-0.1, -0.05) is 23.7 Å². The Bertz CT molecular complexity index is 367. The molecule has 0 aliphatic rings. The molecule has 1 N–H and O–H groups in total. The SMILES string of the molecule is N#CCC(C(=O)O)c1ccc(Cl)cc1. The van der Waals surface area contributed by atoms with E-state index in [9.17, 15) is 4.79 Å². The Hall–Kier alpha value is -1.53. The quantitative estimate of drug-likeness (QED) is 0.832. The molecule has 4 heteroatoms. The lowest BCUT2D eigenvalue weighted by Gasteiger charge is -2.08. The van der Waals surface area contributed by atoms with Crippen molar-refractivity contribution in [1.29, 1.82) is 5.26 Å².